The average molecular weight is 155 g/mol. The number of allylic oxidation sites excluding steroid dienone is 3. The Labute approximate surface area is 68.6 Å². The van der Waals surface area contributed by atoms with Crippen LogP contribution in [0.3, 0.4) is 0 Å². The molecule has 0 saturated heterocycles. The molecule has 0 aromatic heterocycles. The maximum atomic E-state index is 8.80. The summed E-state index contributed by atoms with van der Waals surface area (Å²) >= 11 is 0. The highest BCUT2D eigenvalue weighted by Gasteiger charge is 1.86. The topological polar surface area (TPSA) is 32.3 Å². The zero-order valence-electron chi connectivity index (χ0n) is 7.46. The van der Waals surface area contributed by atoms with E-state index in [1.807, 2.05) is 32.1 Å². The molecule has 1 atom stereocenters. The first-order valence-corrected chi connectivity index (χ1v) is 3.84. The van der Waals surface area contributed by atoms with E-state index in [0.29, 0.717) is 6.54 Å². The van der Waals surface area contributed by atoms with Crippen LogP contribution in [0.2, 0.25) is 0 Å². The maximum absolute atomic E-state index is 8.80. The molecule has 0 aliphatic carbocycles. The number of aliphatic hydroxyl groups excluding tert-OH is 1. The van der Waals surface area contributed by atoms with E-state index in [1.54, 1.807) is 6.92 Å². The molecule has 0 aromatic rings. The van der Waals surface area contributed by atoms with E-state index in [0.717, 1.165) is 0 Å². The van der Waals surface area contributed by atoms with Gasteiger partial charge in [0, 0.05) is 6.54 Å². The van der Waals surface area contributed by atoms with E-state index in [1.165, 1.54) is 5.57 Å². The van der Waals surface area contributed by atoms with Gasteiger partial charge in [0.25, 0.3) is 0 Å². The molecule has 1 unspecified atom stereocenters. The first-order chi connectivity index (χ1) is 5.13. The Morgan fingerprint density at radius 3 is 2.64 bits per heavy atom. The van der Waals surface area contributed by atoms with Gasteiger partial charge in [0.05, 0.1) is 0 Å². The van der Waals surface area contributed by atoms with Crippen LogP contribution >= 0.6 is 0 Å². The van der Waals surface area contributed by atoms with Crippen molar-refractivity contribution in [1.82, 2.24) is 5.32 Å². The number of nitrogens with one attached hydrogen (secondary N) is 1. The normalized spacial score (nSPS) is 13.5. The standard InChI is InChI=1S/C9H17NO/c1-8(2)6-4-5-7-10-9(3)11/h4-6,9-11H,7H2,1-3H3/b5-4-. The van der Waals surface area contributed by atoms with Crippen molar-refractivity contribution >= 4 is 0 Å². The van der Waals surface area contributed by atoms with Crippen LogP contribution in [0.5, 0.6) is 0 Å². The summed E-state index contributed by atoms with van der Waals surface area (Å²) in [4.78, 5) is 0. The Hall–Kier alpha value is -0.600. The molecular formula is C9H17NO. The van der Waals surface area contributed by atoms with E-state index in [-0.39, 0.29) is 0 Å². The fourth-order valence-electron chi connectivity index (χ4n) is 0.567. The van der Waals surface area contributed by atoms with Crippen LogP contribution < -0.4 is 5.32 Å². The summed E-state index contributed by atoms with van der Waals surface area (Å²) in [5.41, 5.74) is 1.28. The molecule has 0 rings (SSSR count). The van der Waals surface area contributed by atoms with Crippen molar-refractivity contribution < 1.29 is 5.11 Å². The van der Waals surface area contributed by atoms with E-state index < -0.39 is 6.23 Å². The molecule has 0 aromatic carbocycles. The Morgan fingerprint density at radius 2 is 2.18 bits per heavy atom. The number of hydrogen-bond donors (Lipinski definition) is 2. The van der Waals surface area contributed by atoms with Crippen molar-refractivity contribution in [2.75, 3.05) is 6.54 Å². The fourth-order valence-corrected chi connectivity index (χ4v) is 0.567. The first kappa shape index (κ1) is 10.4. The number of hydrogen-bond acceptors (Lipinski definition) is 2. The van der Waals surface area contributed by atoms with Crippen molar-refractivity contribution in [3.63, 3.8) is 0 Å². The van der Waals surface area contributed by atoms with Gasteiger partial charge in [-0.1, -0.05) is 23.8 Å². The average Bonchev–Trinajstić information content (AvgIpc) is 1.85. The predicted octanol–water partition coefficient (Wildman–Crippen LogP) is 1.44. The summed E-state index contributed by atoms with van der Waals surface area (Å²) in [6.45, 7) is 6.51. The highest BCUT2D eigenvalue weighted by Crippen LogP contribution is 1.87. The van der Waals surface area contributed by atoms with Gasteiger partial charge in [-0.15, -0.1) is 0 Å². The quantitative estimate of drug-likeness (QED) is 0.475. The monoisotopic (exact) mass is 155 g/mol. The Morgan fingerprint density at radius 1 is 1.55 bits per heavy atom. The van der Waals surface area contributed by atoms with E-state index in [2.05, 4.69) is 5.32 Å². The second kappa shape index (κ2) is 6.13. The molecule has 11 heavy (non-hydrogen) atoms. The minimum absolute atomic E-state index is 0.425. The molecule has 0 saturated carbocycles. The Kier molecular flexibility index (Phi) is 5.80. The summed E-state index contributed by atoms with van der Waals surface area (Å²) < 4.78 is 0. The smallest absolute Gasteiger partial charge is 0.102 e. The highest BCUT2D eigenvalue weighted by molar-refractivity contribution is 5.08. The molecule has 0 amide bonds. The lowest BCUT2D eigenvalue weighted by molar-refractivity contribution is 0.162. The molecular weight excluding hydrogens is 138 g/mol. The van der Waals surface area contributed by atoms with Gasteiger partial charge in [-0.3, -0.25) is 5.32 Å². The van der Waals surface area contributed by atoms with Crippen molar-refractivity contribution in [2.24, 2.45) is 0 Å². The minimum atomic E-state index is -0.425. The summed E-state index contributed by atoms with van der Waals surface area (Å²) in [5.74, 6) is 0. The maximum Gasteiger partial charge on any atom is 0.102 e. The number of rotatable bonds is 4. The largest absolute Gasteiger partial charge is 0.379 e. The van der Waals surface area contributed by atoms with Crippen molar-refractivity contribution in [1.29, 1.82) is 0 Å². The van der Waals surface area contributed by atoms with Gasteiger partial charge in [-0.05, 0) is 20.8 Å². The summed E-state index contributed by atoms with van der Waals surface area (Å²) in [7, 11) is 0. The van der Waals surface area contributed by atoms with Gasteiger partial charge in [-0.2, -0.15) is 0 Å². The van der Waals surface area contributed by atoms with Gasteiger partial charge in [0.15, 0.2) is 0 Å². The van der Waals surface area contributed by atoms with E-state index in [9.17, 15) is 0 Å². The van der Waals surface area contributed by atoms with E-state index in [4.69, 9.17) is 5.11 Å². The highest BCUT2D eigenvalue weighted by atomic mass is 16.3. The Bertz CT molecular complexity index is 144. The number of aliphatic hydroxyl groups is 1. The second-order valence-electron chi connectivity index (χ2n) is 2.76. The predicted molar refractivity (Wildman–Crippen MR) is 48.3 cm³/mol. The fraction of sp³-hybridized carbons (Fsp3) is 0.556. The molecule has 0 radical (unpaired) electrons. The third kappa shape index (κ3) is 9.40. The first-order valence-electron chi connectivity index (χ1n) is 3.84. The summed E-state index contributed by atoms with van der Waals surface area (Å²) in [6, 6.07) is 0. The SMILES string of the molecule is CC(C)=C/C=C\CNC(C)O. The van der Waals surface area contributed by atoms with Gasteiger partial charge in [-0.25, -0.2) is 0 Å². The van der Waals surface area contributed by atoms with Crippen molar-refractivity contribution in [3.05, 3.63) is 23.8 Å². The van der Waals surface area contributed by atoms with Crippen LogP contribution in [0.4, 0.5) is 0 Å². The molecule has 0 bridgehead atoms. The minimum Gasteiger partial charge on any atom is -0.379 e. The molecule has 64 valence electrons. The molecule has 0 heterocycles. The lowest BCUT2D eigenvalue weighted by Crippen LogP contribution is -2.24. The zero-order chi connectivity index (χ0) is 8.69. The molecule has 2 heteroatoms. The second-order valence-corrected chi connectivity index (χ2v) is 2.76. The van der Waals surface area contributed by atoms with Gasteiger partial charge in [0.1, 0.15) is 6.23 Å². The van der Waals surface area contributed by atoms with Crippen LogP contribution in [-0.2, 0) is 0 Å². The van der Waals surface area contributed by atoms with Gasteiger partial charge < -0.3 is 5.11 Å². The van der Waals surface area contributed by atoms with Gasteiger partial charge in [0.2, 0.25) is 0 Å². The molecule has 0 aliphatic heterocycles. The zero-order valence-corrected chi connectivity index (χ0v) is 7.46. The molecule has 0 fully saturated rings. The third-order valence-electron chi connectivity index (χ3n) is 1.10. The lowest BCUT2D eigenvalue weighted by Gasteiger charge is -2.01. The van der Waals surface area contributed by atoms with E-state index >= 15 is 0 Å². The molecule has 0 aliphatic rings. The van der Waals surface area contributed by atoms with Crippen LogP contribution in [0.15, 0.2) is 23.8 Å². The van der Waals surface area contributed by atoms with Crippen LogP contribution in [0.1, 0.15) is 20.8 Å². The summed E-state index contributed by atoms with van der Waals surface area (Å²) in [6.07, 6.45) is 5.56. The molecule has 2 nitrogen and oxygen atoms in total. The summed E-state index contributed by atoms with van der Waals surface area (Å²) in [5, 5.41) is 11.7. The van der Waals surface area contributed by atoms with Crippen LogP contribution in [-0.4, -0.2) is 17.9 Å². The van der Waals surface area contributed by atoms with Gasteiger partial charge >= 0.3 is 0 Å². The molecule has 0 spiro atoms. The van der Waals surface area contributed by atoms with Crippen LogP contribution in [0, 0.1) is 0 Å². The van der Waals surface area contributed by atoms with Crippen molar-refractivity contribution in [2.45, 2.75) is 27.0 Å². The van der Waals surface area contributed by atoms with Crippen LogP contribution in [0.25, 0.3) is 0 Å². The lowest BCUT2D eigenvalue weighted by atomic mass is 10.3. The third-order valence-corrected chi connectivity index (χ3v) is 1.10. The molecule has 2 N–H and O–H groups in total. The Balaban J connectivity index is 3.38. The van der Waals surface area contributed by atoms with Crippen molar-refractivity contribution in [3.8, 4) is 0 Å².